The molecule has 212 valence electrons. The van der Waals surface area contributed by atoms with E-state index in [0.29, 0.717) is 22.5 Å². The number of Topliss-reactive ketones (excluding diaryl/α,β-unsaturated/α-hetero) is 1. The van der Waals surface area contributed by atoms with Crippen molar-refractivity contribution in [3.63, 3.8) is 0 Å². The summed E-state index contributed by atoms with van der Waals surface area (Å²) in [5, 5.41) is 0.594. The molecule has 1 fully saturated rings. The van der Waals surface area contributed by atoms with Crippen LogP contribution in [0.4, 0.5) is 4.39 Å². The molecule has 1 saturated heterocycles. The minimum Gasteiger partial charge on any atom is -0.481 e. The number of rotatable bonds is 8. The second-order valence-electron chi connectivity index (χ2n) is 10.3. The maximum Gasteiger partial charge on any atom is 0.250 e. The number of carbonyl (C=O) groups excluding carboxylic acids is 3. The number of ether oxygens (including phenoxy) is 1. The molecule has 1 aliphatic rings. The first-order valence-electron chi connectivity index (χ1n) is 13.6. The molecule has 2 atom stereocenters. The van der Waals surface area contributed by atoms with Gasteiger partial charge in [0.2, 0.25) is 11.8 Å². The van der Waals surface area contributed by atoms with E-state index >= 15 is 0 Å². The van der Waals surface area contributed by atoms with Gasteiger partial charge >= 0.3 is 0 Å². The van der Waals surface area contributed by atoms with E-state index in [1.165, 1.54) is 12.0 Å². The number of halogens is 1. The van der Waals surface area contributed by atoms with Gasteiger partial charge in [0.05, 0.1) is 25.1 Å². The number of methoxy groups -OCH3 is 1. The van der Waals surface area contributed by atoms with Crippen LogP contribution in [-0.2, 0) is 22.6 Å². The average Bonchev–Trinajstić information content (AvgIpc) is 3.19. The van der Waals surface area contributed by atoms with Crippen molar-refractivity contribution in [3.8, 4) is 17.0 Å². The van der Waals surface area contributed by atoms with Gasteiger partial charge in [0.1, 0.15) is 12.7 Å². The number of fused-ring (bicyclic) bond motifs is 1. The molecule has 1 aromatic carbocycles. The number of nitrogens with two attached hydrogens (primary N) is 1. The van der Waals surface area contributed by atoms with E-state index in [9.17, 15) is 18.8 Å². The number of nitrogens with zero attached hydrogens (tertiary/aromatic N) is 4. The number of ketones is 1. The van der Waals surface area contributed by atoms with Crippen LogP contribution in [0.2, 0.25) is 0 Å². The normalized spacial score (nSPS) is 17.3. The van der Waals surface area contributed by atoms with Crippen LogP contribution in [0.15, 0.2) is 60.9 Å². The molecule has 41 heavy (non-hydrogen) atoms. The topological polar surface area (TPSA) is 120 Å². The average molecular weight is 558 g/mol. The molecule has 0 aliphatic carbocycles. The lowest BCUT2D eigenvalue weighted by atomic mass is 10.0. The monoisotopic (exact) mass is 557 g/mol. The highest BCUT2D eigenvalue weighted by Crippen LogP contribution is 2.29. The maximum absolute atomic E-state index is 14.4. The van der Waals surface area contributed by atoms with Crippen LogP contribution in [0.1, 0.15) is 41.0 Å². The molecule has 9 nitrogen and oxygen atoms in total. The van der Waals surface area contributed by atoms with E-state index < -0.39 is 18.1 Å². The summed E-state index contributed by atoms with van der Waals surface area (Å²) >= 11 is 0. The Hall–Kier alpha value is -4.60. The lowest BCUT2D eigenvalue weighted by Crippen LogP contribution is -2.46. The Morgan fingerprint density at radius 3 is 2.59 bits per heavy atom. The van der Waals surface area contributed by atoms with Gasteiger partial charge in [-0.1, -0.05) is 12.1 Å². The number of aryl methyl sites for hydroxylation is 1. The number of amides is 2. The first kappa shape index (κ1) is 27.9. The number of pyridine rings is 2. The van der Waals surface area contributed by atoms with Gasteiger partial charge in [0.25, 0.3) is 5.91 Å². The minimum atomic E-state index is -1.08. The van der Waals surface area contributed by atoms with Crippen LogP contribution in [0.25, 0.3) is 22.0 Å². The molecule has 1 unspecified atom stereocenters. The van der Waals surface area contributed by atoms with E-state index in [0.717, 1.165) is 16.8 Å². The summed E-state index contributed by atoms with van der Waals surface area (Å²) in [5.41, 5.74) is 9.67. The fourth-order valence-corrected chi connectivity index (χ4v) is 5.41. The van der Waals surface area contributed by atoms with E-state index in [-0.39, 0.29) is 56.0 Å². The zero-order chi connectivity index (χ0) is 29.1. The Morgan fingerprint density at radius 2 is 1.88 bits per heavy atom. The highest BCUT2D eigenvalue weighted by atomic mass is 19.1. The summed E-state index contributed by atoms with van der Waals surface area (Å²) in [6.07, 6.45) is 2.83. The second-order valence-corrected chi connectivity index (χ2v) is 10.3. The number of carbonyl (C=O) groups is 3. The van der Waals surface area contributed by atoms with E-state index in [1.54, 1.807) is 29.1 Å². The fourth-order valence-electron chi connectivity index (χ4n) is 5.41. The molecule has 2 amide bonds. The van der Waals surface area contributed by atoms with Crippen molar-refractivity contribution in [2.75, 3.05) is 13.7 Å². The molecule has 2 N–H and O–H groups in total. The summed E-state index contributed by atoms with van der Waals surface area (Å²) in [6.45, 7) is 1.85. The number of hydrogen-bond acceptors (Lipinski definition) is 6. The van der Waals surface area contributed by atoms with Crippen molar-refractivity contribution in [2.24, 2.45) is 5.73 Å². The Kier molecular flexibility index (Phi) is 8.09. The van der Waals surface area contributed by atoms with Gasteiger partial charge in [-0.2, -0.15) is 0 Å². The van der Waals surface area contributed by atoms with Crippen LogP contribution in [0.3, 0.4) is 0 Å². The molecular formula is C31H32FN5O4. The van der Waals surface area contributed by atoms with Gasteiger partial charge in [-0.25, -0.2) is 9.37 Å². The SMILES string of the molecule is COc1ccc(-c2ccc3c(c2)c(C(N)=O)cn3CC(=O)N2CCC(F)CC[C@H]2C(=O)Cc2cccc(C)n2)cn1. The van der Waals surface area contributed by atoms with Crippen molar-refractivity contribution in [1.82, 2.24) is 19.4 Å². The third kappa shape index (κ3) is 6.11. The molecule has 4 heterocycles. The molecule has 0 radical (unpaired) electrons. The van der Waals surface area contributed by atoms with Crippen molar-refractivity contribution < 1.29 is 23.5 Å². The second kappa shape index (κ2) is 11.9. The summed E-state index contributed by atoms with van der Waals surface area (Å²) in [6, 6.07) is 13.8. The highest BCUT2D eigenvalue weighted by Gasteiger charge is 2.33. The molecule has 5 rings (SSSR count). The van der Waals surface area contributed by atoms with Gasteiger partial charge in [-0.3, -0.25) is 19.4 Å². The fraction of sp³-hybridized carbons (Fsp3) is 0.323. The summed E-state index contributed by atoms with van der Waals surface area (Å²) in [5.74, 6) is -0.638. The Morgan fingerprint density at radius 1 is 1.07 bits per heavy atom. The number of hydrogen-bond donors (Lipinski definition) is 1. The molecule has 4 aromatic rings. The van der Waals surface area contributed by atoms with Crippen LogP contribution < -0.4 is 10.5 Å². The maximum atomic E-state index is 14.4. The number of likely N-dealkylation sites (tertiary alicyclic amines) is 1. The van der Waals surface area contributed by atoms with E-state index in [4.69, 9.17) is 10.5 Å². The van der Waals surface area contributed by atoms with Crippen LogP contribution in [-0.4, -0.2) is 62.9 Å². The van der Waals surface area contributed by atoms with Gasteiger partial charge < -0.3 is 19.9 Å². The third-order valence-corrected chi connectivity index (χ3v) is 7.54. The predicted molar refractivity (Wildman–Crippen MR) is 152 cm³/mol. The number of primary amides is 1. The number of benzene rings is 1. The summed E-state index contributed by atoms with van der Waals surface area (Å²) in [7, 11) is 1.54. The molecule has 0 bridgehead atoms. The molecule has 1 aliphatic heterocycles. The van der Waals surface area contributed by atoms with Crippen molar-refractivity contribution in [1.29, 1.82) is 0 Å². The first-order valence-corrected chi connectivity index (χ1v) is 13.6. The molecule has 3 aromatic heterocycles. The van der Waals surface area contributed by atoms with Crippen molar-refractivity contribution in [2.45, 2.75) is 51.4 Å². The summed E-state index contributed by atoms with van der Waals surface area (Å²) < 4.78 is 21.2. The lowest BCUT2D eigenvalue weighted by Gasteiger charge is -2.29. The zero-order valence-electron chi connectivity index (χ0n) is 23.0. The number of alkyl halides is 1. The molecule has 10 heteroatoms. The summed E-state index contributed by atoms with van der Waals surface area (Å²) in [4.78, 5) is 49.6. The largest absolute Gasteiger partial charge is 0.481 e. The molecule has 0 spiro atoms. The van der Waals surface area contributed by atoms with Gasteiger partial charge in [0.15, 0.2) is 5.78 Å². The van der Waals surface area contributed by atoms with Gasteiger partial charge in [0, 0.05) is 52.9 Å². The van der Waals surface area contributed by atoms with Crippen LogP contribution >= 0.6 is 0 Å². The third-order valence-electron chi connectivity index (χ3n) is 7.54. The minimum absolute atomic E-state index is 0.0638. The highest BCUT2D eigenvalue weighted by molar-refractivity contribution is 6.07. The van der Waals surface area contributed by atoms with Crippen LogP contribution in [0.5, 0.6) is 5.88 Å². The first-order chi connectivity index (χ1) is 19.7. The predicted octanol–water partition coefficient (Wildman–Crippen LogP) is 4.05. The van der Waals surface area contributed by atoms with Gasteiger partial charge in [-0.15, -0.1) is 0 Å². The lowest BCUT2D eigenvalue weighted by molar-refractivity contribution is -0.139. The van der Waals surface area contributed by atoms with E-state index in [1.807, 2.05) is 43.3 Å². The standard InChI is InChI=1S/C31H32FN5O4/c1-19-4-3-5-23(35-19)15-28(38)27-10-8-22(32)12-13-37(27)30(39)18-36-17-25(31(33)40)24-14-20(6-9-26(24)36)21-7-11-29(41-2)34-16-21/h3-7,9,11,14,16-17,22,27H,8,10,12-13,15,18H2,1-2H3,(H2,33,40)/t22?,27-/m0/s1. The van der Waals surface area contributed by atoms with Crippen molar-refractivity contribution >= 4 is 28.5 Å². The van der Waals surface area contributed by atoms with Gasteiger partial charge in [-0.05, 0) is 62.1 Å². The smallest absolute Gasteiger partial charge is 0.250 e. The van der Waals surface area contributed by atoms with E-state index in [2.05, 4.69) is 9.97 Å². The quantitative estimate of drug-likeness (QED) is 0.349. The molecular weight excluding hydrogens is 525 g/mol. The Balaban J connectivity index is 1.43. The zero-order valence-corrected chi connectivity index (χ0v) is 23.0. The van der Waals surface area contributed by atoms with Crippen molar-refractivity contribution in [3.05, 3.63) is 77.9 Å². The Bertz CT molecular complexity index is 1600. The Labute approximate surface area is 237 Å². The molecule has 0 saturated carbocycles. The number of aromatic nitrogens is 3. The van der Waals surface area contributed by atoms with Crippen LogP contribution in [0, 0.1) is 6.92 Å².